The van der Waals surface area contributed by atoms with Gasteiger partial charge in [-0.25, -0.2) is 0 Å². The van der Waals surface area contributed by atoms with Crippen molar-refractivity contribution < 1.29 is 9.26 Å². The van der Waals surface area contributed by atoms with E-state index < -0.39 is 0 Å². The molecule has 1 fully saturated rings. The fraction of sp³-hybridized carbons (Fsp3) is 0.778. The van der Waals surface area contributed by atoms with Crippen LogP contribution in [0.5, 0.6) is 0 Å². The summed E-state index contributed by atoms with van der Waals surface area (Å²) in [7, 11) is 1.60. The van der Waals surface area contributed by atoms with Gasteiger partial charge in [0.25, 0.3) is 0 Å². The summed E-state index contributed by atoms with van der Waals surface area (Å²) in [5.41, 5.74) is 5.82. The predicted octanol–water partition coefficient (Wildman–Crippen LogP) is 1.24. The van der Waals surface area contributed by atoms with Gasteiger partial charge in [0, 0.05) is 24.4 Å². The highest BCUT2D eigenvalue weighted by Gasteiger charge is 2.23. The van der Waals surface area contributed by atoms with Gasteiger partial charge < -0.3 is 15.0 Å². The zero-order valence-corrected chi connectivity index (χ0v) is 10.7. The molecule has 90 valence electrons. The van der Waals surface area contributed by atoms with Crippen LogP contribution in [0.3, 0.4) is 0 Å². The van der Waals surface area contributed by atoms with Crippen LogP contribution >= 0.6 is 23.5 Å². The van der Waals surface area contributed by atoms with Crippen molar-refractivity contribution in [3.63, 3.8) is 0 Å². The van der Waals surface area contributed by atoms with Gasteiger partial charge >= 0.3 is 0 Å². The molecule has 0 radical (unpaired) electrons. The van der Waals surface area contributed by atoms with E-state index in [0.29, 0.717) is 17.7 Å². The van der Waals surface area contributed by atoms with E-state index in [4.69, 9.17) is 15.0 Å². The smallest absolute Gasteiger partial charge is 0.245 e. The zero-order valence-electron chi connectivity index (χ0n) is 9.09. The van der Waals surface area contributed by atoms with Crippen LogP contribution in [0.4, 0.5) is 0 Å². The summed E-state index contributed by atoms with van der Waals surface area (Å²) >= 11 is 3.80. The lowest BCUT2D eigenvalue weighted by Gasteiger charge is -2.17. The van der Waals surface area contributed by atoms with Gasteiger partial charge in [0.2, 0.25) is 5.89 Å². The molecular weight excluding hydrogens is 246 g/mol. The number of aromatic nitrogens is 2. The van der Waals surface area contributed by atoms with E-state index in [2.05, 4.69) is 10.1 Å². The number of nitrogens with zero attached hydrogens (tertiary/aromatic N) is 2. The van der Waals surface area contributed by atoms with Gasteiger partial charge in [0.15, 0.2) is 5.82 Å². The largest absolute Gasteiger partial charge is 0.383 e. The van der Waals surface area contributed by atoms with Crippen LogP contribution in [-0.4, -0.2) is 41.1 Å². The quantitative estimate of drug-likeness (QED) is 0.874. The molecule has 0 aromatic carbocycles. The van der Waals surface area contributed by atoms with Crippen LogP contribution in [-0.2, 0) is 4.74 Å². The molecule has 1 saturated heterocycles. The highest BCUT2D eigenvalue weighted by Crippen LogP contribution is 2.35. The molecule has 0 saturated carbocycles. The molecule has 0 amide bonds. The van der Waals surface area contributed by atoms with E-state index in [0.717, 1.165) is 17.3 Å². The summed E-state index contributed by atoms with van der Waals surface area (Å²) in [6.07, 6.45) is 0. The number of rotatable bonds is 4. The maximum Gasteiger partial charge on any atom is 0.245 e. The molecule has 1 aliphatic heterocycles. The van der Waals surface area contributed by atoms with Crippen molar-refractivity contribution in [3.8, 4) is 0 Å². The van der Waals surface area contributed by atoms with Crippen molar-refractivity contribution in [3.05, 3.63) is 11.7 Å². The number of hydrogen-bond acceptors (Lipinski definition) is 7. The Morgan fingerprint density at radius 1 is 1.62 bits per heavy atom. The van der Waals surface area contributed by atoms with Gasteiger partial charge in [-0.1, -0.05) is 5.16 Å². The van der Waals surface area contributed by atoms with Gasteiger partial charge in [-0.3, -0.25) is 0 Å². The summed E-state index contributed by atoms with van der Waals surface area (Å²) in [4.78, 5) is 4.34. The van der Waals surface area contributed by atoms with E-state index in [-0.39, 0.29) is 6.04 Å². The standard InChI is InChI=1S/C9H15N3O2S2/c1-13-4-6(10)9-11-8(12-14-9)7-5-15-2-3-16-7/h6-7H,2-5,10H2,1H3. The van der Waals surface area contributed by atoms with Crippen molar-refractivity contribution in [1.29, 1.82) is 0 Å². The Balaban J connectivity index is 2.00. The van der Waals surface area contributed by atoms with Gasteiger partial charge in [-0.2, -0.15) is 16.7 Å². The molecule has 0 aliphatic carbocycles. The summed E-state index contributed by atoms with van der Waals surface area (Å²) in [5, 5.41) is 4.33. The van der Waals surface area contributed by atoms with Crippen LogP contribution in [0.15, 0.2) is 4.52 Å². The SMILES string of the molecule is COCC(N)c1nc(C2CSCCS2)no1. The number of hydrogen-bond donors (Lipinski definition) is 1. The second-order valence-electron chi connectivity index (χ2n) is 3.49. The Morgan fingerprint density at radius 2 is 2.50 bits per heavy atom. The number of thioether (sulfide) groups is 2. The lowest BCUT2D eigenvalue weighted by molar-refractivity contribution is 0.166. The van der Waals surface area contributed by atoms with Crippen molar-refractivity contribution in [2.24, 2.45) is 5.73 Å². The second kappa shape index (κ2) is 5.90. The second-order valence-corrected chi connectivity index (χ2v) is 5.95. The molecule has 1 aliphatic rings. The predicted molar refractivity (Wildman–Crippen MR) is 65.6 cm³/mol. The molecule has 0 bridgehead atoms. The Kier molecular flexibility index (Phi) is 4.51. The molecule has 2 atom stereocenters. The molecule has 2 unspecified atom stereocenters. The van der Waals surface area contributed by atoms with Crippen molar-refractivity contribution >= 4 is 23.5 Å². The fourth-order valence-electron chi connectivity index (χ4n) is 1.42. The van der Waals surface area contributed by atoms with E-state index in [1.54, 1.807) is 7.11 Å². The lowest BCUT2D eigenvalue weighted by atomic mass is 10.3. The first-order valence-corrected chi connectivity index (χ1v) is 7.29. The number of ether oxygens (including phenoxy) is 1. The van der Waals surface area contributed by atoms with Crippen molar-refractivity contribution in [2.75, 3.05) is 31.0 Å². The zero-order chi connectivity index (χ0) is 11.4. The van der Waals surface area contributed by atoms with Crippen LogP contribution in [0.2, 0.25) is 0 Å². The van der Waals surface area contributed by atoms with Crippen molar-refractivity contribution in [1.82, 2.24) is 10.1 Å². The average molecular weight is 261 g/mol. The molecule has 2 heterocycles. The third-order valence-electron chi connectivity index (χ3n) is 2.22. The van der Waals surface area contributed by atoms with E-state index in [1.807, 2.05) is 23.5 Å². The molecule has 16 heavy (non-hydrogen) atoms. The summed E-state index contributed by atoms with van der Waals surface area (Å²) < 4.78 is 10.1. The van der Waals surface area contributed by atoms with E-state index in [1.165, 1.54) is 5.75 Å². The number of nitrogens with two attached hydrogens (primary N) is 1. The molecule has 1 aromatic rings. The van der Waals surface area contributed by atoms with Gasteiger partial charge in [-0.15, -0.1) is 11.8 Å². The minimum absolute atomic E-state index is 0.326. The van der Waals surface area contributed by atoms with Crippen LogP contribution in [0, 0.1) is 0 Å². The van der Waals surface area contributed by atoms with Gasteiger partial charge in [0.05, 0.1) is 11.9 Å². The topological polar surface area (TPSA) is 74.2 Å². The summed E-state index contributed by atoms with van der Waals surface area (Å²) in [6, 6.07) is -0.326. The van der Waals surface area contributed by atoms with Crippen molar-refractivity contribution in [2.45, 2.75) is 11.3 Å². The lowest BCUT2D eigenvalue weighted by Crippen LogP contribution is -2.16. The number of methoxy groups -OCH3 is 1. The maximum absolute atomic E-state index is 5.82. The summed E-state index contributed by atoms with van der Waals surface area (Å²) in [5.74, 6) is 4.62. The Morgan fingerprint density at radius 3 is 3.19 bits per heavy atom. The highest BCUT2D eigenvalue weighted by atomic mass is 32.2. The minimum atomic E-state index is -0.326. The van der Waals surface area contributed by atoms with Gasteiger partial charge in [-0.05, 0) is 0 Å². The van der Waals surface area contributed by atoms with Gasteiger partial charge in [0.1, 0.15) is 6.04 Å². The monoisotopic (exact) mass is 261 g/mol. The van der Waals surface area contributed by atoms with Crippen LogP contribution in [0.25, 0.3) is 0 Å². The van der Waals surface area contributed by atoms with E-state index >= 15 is 0 Å². The normalized spacial score (nSPS) is 23.2. The summed E-state index contributed by atoms with van der Waals surface area (Å²) in [6.45, 7) is 0.397. The first-order chi connectivity index (χ1) is 7.81. The molecule has 2 N–H and O–H groups in total. The van der Waals surface area contributed by atoms with E-state index in [9.17, 15) is 0 Å². The fourth-order valence-corrected chi connectivity index (χ4v) is 4.01. The molecule has 5 nitrogen and oxygen atoms in total. The molecule has 0 spiro atoms. The van der Waals surface area contributed by atoms with Crippen LogP contribution in [0.1, 0.15) is 23.0 Å². The first-order valence-electron chi connectivity index (χ1n) is 5.08. The Hall–Kier alpha value is -0.240. The third kappa shape index (κ3) is 2.91. The minimum Gasteiger partial charge on any atom is -0.383 e. The average Bonchev–Trinajstić information content (AvgIpc) is 2.80. The molecule has 2 rings (SSSR count). The van der Waals surface area contributed by atoms with Crippen LogP contribution < -0.4 is 5.73 Å². The molecule has 7 heteroatoms. The molecular formula is C9H15N3O2S2. The highest BCUT2D eigenvalue weighted by molar-refractivity contribution is 8.06. The Bertz CT molecular complexity index is 328. The maximum atomic E-state index is 5.82. The Labute approximate surface area is 103 Å². The molecule has 1 aromatic heterocycles. The third-order valence-corrected chi connectivity index (χ3v) is 4.98. The first kappa shape index (κ1) is 12.2.